The van der Waals surface area contributed by atoms with Crippen LogP contribution in [0.4, 0.5) is 0 Å². The summed E-state index contributed by atoms with van der Waals surface area (Å²) in [6.07, 6.45) is 7.74. The normalized spacial score (nSPS) is 20.8. The van der Waals surface area contributed by atoms with Crippen LogP contribution in [0.2, 0.25) is 0 Å². The summed E-state index contributed by atoms with van der Waals surface area (Å²) in [7, 11) is 3.44. The lowest BCUT2D eigenvalue weighted by Gasteiger charge is -2.29. The van der Waals surface area contributed by atoms with Crippen LogP contribution in [0.1, 0.15) is 36.8 Å². The van der Waals surface area contributed by atoms with Crippen molar-refractivity contribution in [3.05, 3.63) is 76.9 Å². The first kappa shape index (κ1) is 22.7. The number of fused-ring (bicyclic) bond motifs is 1. The van der Waals surface area contributed by atoms with Gasteiger partial charge in [0.2, 0.25) is 0 Å². The number of nitrogens with zero attached hydrogens (tertiary/aromatic N) is 2. The molecular weight excluding hydrogens is 424 g/mol. The van der Waals surface area contributed by atoms with Gasteiger partial charge in [0.1, 0.15) is 17.3 Å². The van der Waals surface area contributed by atoms with Crippen LogP contribution >= 0.6 is 0 Å². The summed E-state index contributed by atoms with van der Waals surface area (Å²) in [4.78, 5) is 7.70. The summed E-state index contributed by atoms with van der Waals surface area (Å²) < 4.78 is 16.5. The molecule has 1 saturated heterocycles. The minimum absolute atomic E-state index is 0.639. The van der Waals surface area contributed by atoms with Gasteiger partial charge in [-0.3, -0.25) is 0 Å². The van der Waals surface area contributed by atoms with Crippen LogP contribution in [-0.2, 0) is 11.2 Å². The molecule has 2 heterocycles. The standard InChI is InChI=1S/C29H34N2O3/c1-32-25-10-6-21(7-11-25)18-22-8-12-27-23(19-22)9-13-28(31-14-16-34-17-15-31)30-29(27)24-4-3-5-26(20-24)33-2/h3-7,9-11,20,22H,8,12-19H2,1-2H3. The Morgan fingerprint density at radius 2 is 1.79 bits per heavy atom. The summed E-state index contributed by atoms with van der Waals surface area (Å²) in [5.74, 6) is 3.58. The van der Waals surface area contributed by atoms with Gasteiger partial charge in [-0.25, -0.2) is 4.99 Å². The summed E-state index contributed by atoms with van der Waals surface area (Å²) in [5, 5.41) is 0. The average Bonchev–Trinajstić information content (AvgIpc) is 3.09. The van der Waals surface area contributed by atoms with Crippen LogP contribution in [0.25, 0.3) is 5.70 Å². The Bertz CT molecular complexity index is 1090. The molecule has 1 aliphatic carbocycles. The Hall–Kier alpha value is -3.05. The number of aliphatic imine (C=N–C) groups is 1. The molecule has 1 saturated carbocycles. The molecular formula is C29H34N2O3. The highest BCUT2D eigenvalue weighted by atomic mass is 16.5. The van der Waals surface area contributed by atoms with E-state index in [-0.39, 0.29) is 0 Å². The Morgan fingerprint density at radius 3 is 2.56 bits per heavy atom. The molecule has 0 bridgehead atoms. The second kappa shape index (κ2) is 10.5. The number of benzene rings is 2. The minimum Gasteiger partial charge on any atom is -0.497 e. The number of amidine groups is 1. The van der Waals surface area contributed by atoms with Gasteiger partial charge < -0.3 is 19.1 Å². The predicted octanol–water partition coefficient (Wildman–Crippen LogP) is 5.52. The lowest BCUT2D eigenvalue weighted by molar-refractivity contribution is 0.0675. The fourth-order valence-electron chi connectivity index (χ4n) is 5.28. The van der Waals surface area contributed by atoms with Crippen molar-refractivity contribution in [3.8, 4) is 11.5 Å². The Morgan fingerprint density at radius 1 is 1.00 bits per heavy atom. The van der Waals surface area contributed by atoms with Gasteiger partial charge in [0, 0.05) is 25.1 Å². The molecule has 2 aromatic carbocycles. The first-order chi connectivity index (χ1) is 16.7. The predicted molar refractivity (Wildman–Crippen MR) is 136 cm³/mol. The van der Waals surface area contributed by atoms with Gasteiger partial charge in [-0.1, -0.05) is 30.3 Å². The highest BCUT2D eigenvalue weighted by Gasteiger charge is 2.27. The quantitative estimate of drug-likeness (QED) is 0.592. The first-order valence-electron chi connectivity index (χ1n) is 12.3. The molecule has 1 atom stereocenters. The van der Waals surface area contributed by atoms with E-state index in [1.54, 1.807) is 14.2 Å². The fourth-order valence-corrected chi connectivity index (χ4v) is 5.28. The Kier molecular flexibility index (Phi) is 7.00. The molecule has 0 aromatic heterocycles. The largest absolute Gasteiger partial charge is 0.497 e. The summed E-state index contributed by atoms with van der Waals surface area (Å²) in [6, 6.07) is 16.9. The number of hydrogen-bond acceptors (Lipinski definition) is 5. The van der Waals surface area contributed by atoms with Crippen molar-refractivity contribution in [2.75, 3.05) is 40.5 Å². The van der Waals surface area contributed by atoms with Gasteiger partial charge >= 0.3 is 0 Å². The average molecular weight is 459 g/mol. The molecule has 2 fully saturated rings. The topological polar surface area (TPSA) is 43.3 Å². The molecule has 3 aliphatic rings. The molecule has 178 valence electrons. The Balaban J connectivity index is 1.44. The SMILES string of the molecule is COc1ccc(CC2CCC3=C(c4cccc(OC)c4)N=C(N4CCOCC4)CC=C3C2)cc1. The van der Waals surface area contributed by atoms with Crippen LogP contribution < -0.4 is 9.47 Å². The van der Waals surface area contributed by atoms with Gasteiger partial charge in [0.25, 0.3) is 0 Å². The number of rotatable bonds is 5. The molecule has 0 spiro atoms. The van der Waals surface area contributed by atoms with Crippen molar-refractivity contribution in [1.29, 1.82) is 0 Å². The van der Waals surface area contributed by atoms with Crippen LogP contribution in [0.15, 0.2) is 70.7 Å². The van der Waals surface area contributed by atoms with Crippen LogP contribution in [0.3, 0.4) is 0 Å². The van der Waals surface area contributed by atoms with Gasteiger partial charge in [-0.2, -0.15) is 0 Å². The van der Waals surface area contributed by atoms with E-state index in [0.717, 1.165) is 80.6 Å². The van der Waals surface area contributed by atoms with E-state index in [1.807, 2.05) is 6.07 Å². The van der Waals surface area contributed by atoms with Crippen molar-refractivity contribution in [2.24, 2.45) is 10.9 Å². The molecule has 2 aliphatic heterocycles. The van der Waals surface area contributed by atoms with E-state index in [2.05, 4.69) is 53.4 Å². The van der Waals surface area contributed by atoms with Gasteiger partial charge in [-0.15, -0.1) is 0 Å². The van der Waals surface area contributed by atoms with E-state index in [1.165, 1.54) is 23.1 Å². The maximum atomic E-state index is 5.59. The second-order valence-electron chi connectivity index (χ2n) is 9.28. The maximum Gasteiger partial charge on any atom is 0.119 e. The summed E-state index contributed by atoms with van der Waals surface area (Å²) in [5.41, 5.74) is 6.51. The number of allylic oxidation sites excluding steroid dienone is 2. The number of morpholine rings is 1. The lowest BCUT2D eigenvalue weighted by atomic mass is 9.77. The second-order valence-corrected chi connectivity index (χ2v) is 9.28. The van der Waals surface area contributed by atoms with Gasteiger partial charge in [0.15, 0.2) is 0 Å². The van der Waals surface area contributed by atoms with E-state index in [9.17, 15) is 0 Å². The maximum absolute atomic E-state index is 5.59. The third-order valence-corrected chi connectivity index (χ3v) is 7.16. The lowest BCUT2D eigenvalue weighted by Crippen LogP contribution is -2.40. The van der Waals surface area contributed by atoms with Gasteiger partial charge in [0.05, 0.1) is 33.1 Å². The molecule has 5 rings (SSSR count). The van der Waals surface area contributed by atoms with E-state index in [0.29, 0.717) is 5.92 Å². The van der Waals surface area contributed by atoms with Crippen molar-refractivity contribution in [2.45, 2.75) is 32.1 Å². The molecule has 5 nitrogen and oxygen atoms in total. The highest BCUT2D eigenvalue weighted by molar-refractivity contribution is 5.92. The zero-order chi connectivity index (χ0) is 23.3. The smallest absolute Gasteiger partial charge is 0.119 e. The van der Waals surface area contributed by atoms with Crippen molar-refractivity contribution < 1.29 is 14.2 Å². The third kappa shape index (κ3) is 5.05. The molecule has 5 heteroatoms. The number of ether oxygens (including phenoxy) is 3. The van der Waals surface area contributed by atoms with Crippen molar-refractivity contribution >= 4 is 11.5 Å². The third-order valence-electron chi connectivity index (χ3n) is 7.16. The zero-order valence-corrected chi connectivity index (χ0v) is 20.3. The van der Waals surface area contributed by atoms with E-state index >= 15 is 0 Å². The molecule has 0 N–H and O–H groups in total. The molecule has 1 unspecified atom stereocenters. The van der Waals surface area contributed by atoms with Crippen molar-refractivity contribution in [3.63, 3.8) is 0 Å². The highest BCUT2D eigenvalue weighted by Crippen LogP contribution is 2.41. The van der Waals surface area contributed by atoms with Crippen molar-refractivity contribution in [1.82, 2.24) is 4.90 Å². The zero-order valence-electron chi connectivity index (χ0n) is 20.3. The summed E-state index contributed by atoms with van der Waals surface area (Å²) in [6.45, 7) is 3.35. The van der Waals surface area contributed by atoms with Gasteiger partial charge in [-0.05, 0) is 72.6 Å². The molecule has 0 amide bonds. The summed E-state index contributed by atoms with van der Waals surface area (Å²) >= 11 is 0. The van der Waals surface area contributed by atoms with E-state index in [4.69, 9.17) is 19.2 Å². The Labute approximate surface area is 202 Å². The molecule has 2 aromatic rings. The number of hydrogen-bond donors (Lipinski definition) is 0. The van der Waals surface area contributed by atoms with Crippen LogP contribution in [0, 0.1) is 5.92 Å². The van der Waals surface area contributed by atoms with Crippen LogP contribution in [-0.4, -0.2) is 51.3 Å². The first-order valence-corrected chi connectivity index (χ1v) is 12.3. The minimum atomic E-state index is 0.639. The molecule has 34 heavy (non-hydrogen) atoms. The van der Waals surface area contributed by atoms with E-state index < -0.39 is 0 Å². The monoisotopic (exact) mass is 458 g/mol. The number of methoxy groups -OCH3 is 2. The molecule has 0 radical (unpaired) electrons. The fraction of sp³-hybridized carbons (Fsp3) is 0.414. The van der Waals surface area contributed by atoms with Crippen LogP contribution in [0.5, 0.6) is 11.5 Å².